The second-order valence-corrected chi connectivity index (χ2v) is 5.07. The van der Waals surface area contributed by atoms with Gasteiger partial charge in [-0.2, -0.15) is 13.2 Å². The molecule has 0 radical (unpaired) electrons. The number of nitrogens with zero attached hydrogens (tertiary/aromatic N) is 2. The number of nitro benzene ring substituents is 1. The van der Waals surface area contributed by atoms with Crippen molar-refractivity contribution in [1.82, 2.24) is 4.98 Å². The van der Waals surface area contributed by atoms with Crippen molar-refractivity contribution < 1.29 is 27.6 Å². The second kappa shape index (κ2) is 7.34. The van der Waals surface area contributed by atoms with Crippen LogP contribution in [0.1, 0.15) is 5.56 Å². The standard InChI is InChI=1S/C14H9ClF3N3O4/c15-8-1-4-12(19-6-8)20-13(22)7-25-11-3-2-9(21(23)24)5-10(11)14(16,17)18/h1-6H,7H2,(H,19,20,22). The van der Waals surface area contributed by atoms with E-state index >= 15 is 0 Å². The molecule has 0 unspecified atom stereocenters. The summed E-state index contributed by atoms with van der Waals surface area (Å²) in [6.45, 7) is -0.745. The zero-order valence-electron chi connectivity index (χ0n) is 12.2. The molecule has 1 heterocycles. The van der Waals surface area contributed by atoms with Crippen LogP contribution in [-0.4, -0.2) is 22.4 Å². The number of hydrogen-bond donors (Lipinski definition) is 1. The molecule has 0 saturated carbocycles. The molecular formula is C14H9ClF3N3O4. The molecule has 132 valence electrons. The predicted octanol–water partition coefficient (Wildman–Crippen LogP) is 3.68. The van der Waals surface area contributed by atoms with Crippen LogP contribution in [0.15, 0.2) is 36.5 Å². The fraction of sp³-hybridized carbons (Fsp3) is 0.143. The van der Waals surface area contributed by atoms with Gasteiger partial charge in [0, 0.05) is 18.3 Å². The van der Waals surface area contributed by atoms with Crippen molar-refractivity contribution in [2.45, 2.75) is 6.18 Å². The van der Waals surface area contributed by atoms with Crippen LogP contribution < -0.4 is 10.1 Å². The molecule has 1 N–H and O–H groups in total. The molecule has 1 amide bonds. The SMILES string of the molecule is O=C(COc1ccc([N+](=O)[O-])cc1C(F)(F)F)Nc1ccc(Cl)cn1. The smallest absolute Gasteiger partial charge is 0.420 e. The summed E-state index contributed by atoms with van der Waals surface area (Å²) in [4.78, 5) is 25.1. The lowest BCUT2D eigenvalue weighted by atomic mass is 10.1. The van der Waals surface area contributed by atoms with Gasteiger partial charge in [0.1, 0.15) is 17.1 Å². The van der Waals surface area contributed by atoms with Crippen LogP contribution in [-0.2, 0) is 11.0 Å². The molecule has 0 aliphatic heterocycles. The molecule has 2 aromatic rings. The van der Waals surface area contributed by atoms with E-state index in [1.54, 1.807) is 0 Å². The molecule has 0 aliphatic carbocycles. The van der Waals surface area contributed by atoms with Crippen LogP contribution >= 0.6 is 11.6 Å². The Bertz CT molecular complexity index is 797. The number of carbonyl (C=O) groups excluding carboxylic acids is 1. The largest absolute Gasteiger partial charge is 0.483 e. The van der Waals surface area contributed by atoms with Crippen LogP contribution in [0.3, 0.4) is 0 Å². The quantitative estimate of drug-likeness (QED) is 0.635. The Morgan fingerprint density at radius 3 is 2.60 bits per heavy atom. The van der Waals surface area contributed by atoms with Crippen molar-refractivity contribution in [1.29, 1.82) is 0 Å². The maximum atomic E-state index is 13.0. The molecule has 7 nitrogen and oxygen atoms in total. The van der Waals surface area contributed by atoms with E-state index in [1.807, 2.05) is 0 Å². The van der Waals surface area contributed by atoms with E-state index in [0.29, 0.717) is 11.1 Å². The number of carbonyl (C=O) groups is 1. The number of rotatable bonds is 5. The van der Waals surface area contributed by atoms with Crippen LogP contribution in [0.2, 0.25) is 5.02 Å². The van der Waals surface area contributed by atoms with Crippen molar-refractivity contribution in [2.24, 2.45) is 0 Å². The number of aromatic nitrogens is 1. The van der Waals surface area contributed by atoms with Gasteiger partial charge in [-0.3, -0.25) is 14.9 Å². The van der Waals surface area contributed by atoms with Crippen LogP contribution in [0.5, 0.6) is 5.75 Å². The van der Waals surface area contributed by atoms with E-state index in [9.17, 15) is 28.1 Å². The minimum Gasteiger partial charge on any atom is -0.483 e. The normalized spacial score (nSPS) is 11.0. The molecule has 2 rings (SSSR count). The summed E-state index contributed by atoms with van der Waals surface area (Å²) in [6.07, 6.45) is -3.61. The van der Waals surface area contributed by atoms with Crippen LogP contribution in [0.25, 0.3) is 0 Å². The predicted molar refractivity (Wildman–Crippen MR) is 81.5 cm³/mol. The Morgan fingerprint density at radius 2 is 2.04 bits per heavy atom. The number of hydrogen-bond acceptors (Lipinski definition) is 5. The Labute approximate surface area is 143 Å². The van der Waals surface area contributed by atoms with Gasteiger partial charge in [-0.1, -0.05) is 11.6 Å². The van der Waals surface area contributed by atoms with Gasteiger partial charge in [0.15, 0.2) is 6.61 Å². The lowest BCUT2D eigenvalue weighted by molar-refractivity contribution is -0.385. The van der Waals surface area contributed by atoms with Gasteiger partial charge in [0.25, 0.3) is 11.6 Å². The molecule has 0 aliphatic rings. The first-order valence-corrected chi connectivity index (χ1v) is 6.94. The number of ether oxygens (including phenoxy) is 1. The van der Waals surface area contributed by atoms with Crippen LogP contribution in [0, 0.1) is 10.1 Å². The number of alkyl halides is 3. The monoisotopic (exact) mass is 375 g/mol. The minimum absolute atomic E-state index is 0.137. The molecule has 25 heavy (non-hydrogen) atoms. The molecule has 0 bridgehead atoms. The number of pyridine rings is 1. The molecular weight excluding hydrogens is 367 g/mol. The van der Waals surface area contributed by atoms with E-state index in [4.69, 9.17) is 16.3 Å². The molecule has 0 spiro atoms. The number of non-ortho nitro benzene ring substituents is 1. The average Bonchev–Trinajstić information content (AvgIpc) is 2.54. The Balaban J connectivity index is 2.10. The summed E-state index contributed by atoms with van der Waals surface area (Å²) in [7, 11) is 0. The first kappa shape index (κ1) is 18.5. The van der Waals surface area contributed by atoms with E-state index in [2.05, 4.69) is 10.3 Å². The van der Waals surface area contributed by atoms with Crippen molar-refractivity contribution in [2.75, 3.05) is 11.9 Å². The fourth-order valence-electron chi connectivity index (χ4n) is 1.75. The number of anilines is 1. The first-order valence-electron chi connectivity index (χ1n) is 6.56. The number of benzene rings is 1. The van der Waals surface area contributed by atoms with E-state index in [0.717, 1.165) is 12.1 Å². The zero-order chi connectivity index (χ0) is 18.6. The summed E-state index contributed by atoms with van der Waals surface area (Å²) in [5.74, 6) is -1.32. The third kappa shape index (κ3) is 5.05. The number of halogens is 4. The Hall–Kier alpha value is -2.88. The Morgan fingerprint density at radius 1 is 1.32 bits per heavy atom. The highest BCUT2D eigenvalue weighted by atomic mass is 35.5. The van der Waals surface area contributed by atoms with Crippen molar-refractivity contribution in [3.8, 4) is 5.75 Å². The first-order chi connectivity index (χ1) is 11.7. The summed E-state index contributed by atoms with van der Waals surface area (Å²) in [5, 5.41) is 13.2. The highest BCUT2D eigenvalue weighted by molar-refractivity contribution is 6.30. The van der Waals surface area contributed by atoms with Crippen molar-refractivity contribution in [3.63, 3.8) is 0 Å². The highest BCUT2D eigenvalue weighted by Gasteiger charge is 2.36. The number of nitro groups is 1. The maximum absolute atomic E-state index is 13.0. The third-order valence-corrected chi connectivity index (χ3v) is 3.06. The van der Waals surface area contributed by atoms with Gasteiger partial charge < -0.3 is 10.1 Å². The third-order valence-electron chi connectivity index (χ3n) is 2.83. The van der Waals surface area contributed by atoms with Gasteiger partial charge in [-0.05, 0) is 18.2 Å². The van der Waals surface area contributed by atoms with E-state index in [1.165, 1.54) is 18.3 Å². The van der Waals surface area contributed by atoms with E-state index in [-0.39, 0.29) is 5.82 Å². The lowest BCUT2D eigenvalue weighted by Crippen LogP contribution is -2.21. The van der Waals surface area contributed by atoms with Crippen molar-refractivity contribution >= 4 is 29.0 Å². The molecule has 1 aromatic carbocycles. The lowest BCUT2D eigenvalue weighted by Gasteiger charge is -2.13. The van der Waals surface area contributed by atoms with Crippen molar-refractivity contribution in [3.05, 3.63) is 57.2 Å². The number of amides is 1. The maximum Gasteiger partial charge on any atom is 0.420 e. The van der Waals surface area contributed by atoms with Gasteiger partial charge in [0.05, 0.1) is 9.95 Å². The summed E-state index contributed by atoms with van der Waals surface area (Å²) in [6, 6.07) is 4.84. The Kier molecular flexibility index (Phi) is 5.42. The molecule has 1 aromatic heterocycles. The average molecular weight is 376 g/mol. The molecule has 0 fully saturated rings. The van der Waals surface area contributed by atoms with Crippen LogP contribution in [0.4, 0.5) is 24.7 Å². The summed E-state index contributed by atoms with van der Waals surface area (Å²) in [5.41, 5.74) is -2.09. The summed E-state index contributed by atoms with van der Waals surface area (Å²) < 4.78 is 43.8. The highest BCUT2D eigenvalue weighted by Crippen LogP contribution is 2.38. The molecule has 0 atom stereocenters. The molecule has 11 heteroatoms. The second-order valence-electron chi connectivity index (χ2n) is 4.63. The van der Waals surface area contributed by atoms with E-state index < -0.39 is 40.6 Å². The topological polar surface area (TPSA) is 94.4 Å². The fourth-order valence-corrected chi connectivity index (χ4v) is 1.86. The minimum atomic E-state index is -4.88. The van der Waals surface area contributed by atoms with Gasteiger partial charge in [-0.15, -0.1) is 0 Å². The number of nitrogens with one attached hydrogen (secondary N) is 1. The van der Waals surface area contributed by atoms with Gasteiger partial charge >= 0.3 is 6.18 Å². The van der Waals surface area contributed by atoms with Gasteiger partial charge in [-0.25, -0.2) is 4.98 Å². The zero-order valence-corrected chi connectivity index (χ0v) is 13.0. The van der Waals surface area contributed by atoms with Gasteiger partial charge in [0.2, 0.25) is 0 Å². The molecule has 0 saturated heterocycles. The summed E-state index contributed by atoms with van der Waals surface area (Å²) >= 11 is 5.63.